The van der Waals surface area contributed by atoms with Crippen LogP contribution in [-0.4, -0.2) is 17.1 Å². The van der Waals surface area contributed by atoms with Crippen LogP contribution < -0.4 is 10.6 Å². The highest BCUT2D eigenvalue weighted by Crippen LogP contribution is 2.21. The number of anilines is 2. The zero-order valence-corrected chi connectivity index (χ0v) is 11.9. The van der Waals surface area contributed by atoms with E-state index in [0.717, 1.165) is 5.56 Å². The van der Waals surface area contributed by atoms with Crippen LogP contribution in [0.5, 0.6) is 0 Å². The fourth-order valence-corrected chi connectivity index (χ4v) is 1.91. The molecular weight excluding hydrogens is 292 g/mol. The molecule has 0 aliphatic rings. The Balaban J connectivity index is 2.15. The third-order valence-electron chi connectivity index (χ3n) is 2.85. The molecule has 0 radical (unpaired) electrons. The number of aryl methyl sites for hydroxylation is 1. The highest BCUT2D eigenvalue weighted by molar-refractivity contribution is 6.33. The van der Waals surface area contributed by atoms with E-state index in [2.05, 4.69) is 10.6 Å². The summed E-state index contributed by atoms with van der Waals surface area (Å²) in [5.74, 6) is -1.05. The average molecular weight is 305 g/mol. The standard InChI is InChI=1S/C15H13ClN2O3/c1-9-6-7-10(14(19)20)8-13(9)18-15(21)17-12-5-3-2-4-11(12)16/h2-8H,1H3,(H,19,20)(H2,17,18,21). The molecule has 2 amide bonds. The van der Waals surface area contributed by atoms with Crippen LogP contribution in [0, 0.1) is 6.92 Å². The van der Waals surface area contributed by atoms with Gasteiger partial charge in [0.05, 0.1) is 16.3 Å². The number of carboxylic acids is 1. The number of amides is 2. The number of aromatic carboxylic acids is 1. The van der Waals surface area contributed by atoms with Gasteiger partial charge in [-0.05, 0) is 36.8 Å². The zero-order chi connectivity index (χ0) is 15.4. The molecule has 6 heteroatoms. The van der Waals surface area contributed by atoms with Crippen molar-refractivity contribution in [2.24, 2.45) is 0 Å². The van der Waals surface area contributed by atoms with E-state index in [0.29, 0.717) is 16.4 Å². The van der Waals surface area contributed by atoms with Crippen LogP contribution in [0.2, 0.25) is 5.02 Å². The van der Waals surface area contributed by atoms with Gasteiger partial charge in [-0.15, -0.1) is 0 Å². The molecule has 0 fully saturated rings. The van der Waals surface area contributed by atoms with E-state index < -0.39 is 12.0 Å². The minimum Gasteiger partial charge on any atom is -0.478 e. The van der Waals surface area contributed by atoms with Crippen molar-refractivity contribution in [1.29, 1.82) is 0 Å². The summed E-state index contributed by atoms with van der Waals surface area (Å²) >= 11 is 5.95. The van der Waals surface area contributed by atoms with Gasteiger partial charge in [-0.1, -0.05) is 29.8 Å². The number of hydrogen-bond acceptors (Lipinski definition) is 2. The van der Waals surface area contributed by atoms with Crippen molar-refractivity contribution in [2.45, 2.75) is 6.92 Å². The maximum absolute atomic E-state index is 11.9. The number of urea groups is 1. The molecule has 0 heterocycles. The van der Waals surface area contributed by atoms with Gasteiger partial charge in [0.15, 0.2) is 0 Å². The summed E-state index contributed by atoms with van der Waals surface area (Å²) in [4.78, 5) is 22.9. The maximum Gasteiger partial charge on any atom is 0.335 e. The Kier molecular flexibility index (Phi) is 4.45. The Morgan fingerprint density at radius 3 is 2.38 bits per heavy atom. The average Bonchev–Trinajstić information content (AvgIpc) is 2.43. The second-order valence-electron chi connectivity index (χ2n) is 4.39. The largest absolute Gasteiger partial charge is 0.478 e. The Morgan fingerprint density at radius 2 is 1.71 bits per heavy atom. The van der Waals surface area contributed by atoms with Gasteiger partial charge in [0, 0.05) is 5.69 Å². The van der Waals surface area contributed by atoms with Gasteiger partial charge < -0.3 is 15.7 Å². The van der Waals surface area contributed by atoms with Crippen LogP contribution in [-0.2, 0) is 0 Å². The van der Waals surface area contributed by atoms with Crippen LogP contribution in [0.1, 0.15) is 15.9 Å². The lowest BCUT2D eigenvalue weighted by Crippen LogP contribution is -2.20. The van der Waals surface area contributed by atoms with E-state index in [1.165, 1.54) is 12.1 Å². The number of hydrogen-bond donors (Lipinski definition) is 3. The van der Waals surface area contributed by atoms with Crippen LogP contribution in [0.25, 0.3) is 0 Å². The fraction of sp³-hybridized carbons (Fsp3) is 0.0667. The fourth-order valence-electron chi connectivity index (χ4n) is 1.73. The lowest BCUT2D eigenvalue weighted by molar-refractivity contribution is 0.0697. The first-order chi connectivity index (χ1) is 9.97. The van der Waals surface area contributed by atoms with Gasteiger partial charge in [0.25, 0.3) is 0 Å². The predicted octanol–water partition coefficient (Wildman–Crippen LogP) is 3.99. The summed E-state index contributed by atoms with van der Waals surface area (Å²) in [6.07, 6.45) is 0. The molecule has 2 rings (SSSR count). The normalized spacial score (nSPS) is 10.0. The Hall–Kier alpha value is -2.53. The van der Waals surface area contributed by atoms with E-state index in [9.17, 15) is 9.59 Å². The molecule has 3 N–H and O–H groups in total. The van der Waals surface area contributed by atoms with Crippen LogP contribution in [0.4, 0.5) is 16.2 Å². The summed E-state index contributed by atoms with van der Waals surface area (Å²) in [5, 5.41) is 14.6. The summed E-state index contributed by atoms with van der Waals surface area (Å²) in [5.41, 5.74) is 1.77. The number of halogens is 1. The minimum absolute atomic E-state index is 0.105. The summed E-state index contributed by atoms with van der Waals surface area (Å²) in [7, 11) is 0. The lowest BCUT2D eigenvalue weighted by Gasteiger charge is -2.11. The monoisotopic (exact) mass is 304 g/mol. The quantitative estimate of drug-likeness (QED) is 0.802. The summed E-state index contributed by atoms with van der Waals surface area (Å²) in [6.45, 7) is 1.77. The first-order valence-electron chi connectivity index (χ1n) is 6.14. The number of benzene rings is 2. The maximum atomic E-state index is 11.9. The molecule has 2 aromatic carbocycles. The topological polar surface area (TPSA) is 78.4 Å². The van der Waals surface area contributed by atoms with E-state index in [1.807, 2.05) is 0 Å². The summed E-state index contributed by atoms with van der Waals surface area (Å²) < 4.78 is 0. The van der Waals surface area contributed by atoms with Gasteiger partial charge >= 0.3 is 12.0 Å². The summed E-state index contributed by atoms with van der Waals surface area (Å²) in [6, 6.07) is 10.9. The Bertz CT molecular complexity index is 701. The van der Waals surface area contributed by atoms with Crippen molar-refractivity contribution in [3.8, 4) is 0 Å². The molecule has 0 aromatic heterocycles. The molecule has 0 saturated carbocycles. The molecule has 2 aromatic rings. The van der Waals surface area contributed by atoms with Gasteiger partial charge in [-0.2, -0.15) is 0 Å². The van der Waals surface area contributed by atoms with Gasteiger partial charge in [-0.25, -0.2) is 9.59 Å². The lowest BCUT2D eigenvalue weighted by atomic mass is 10.1. The first kappa shape index (κ1) is 14.9. The third kappa shape index (κ3) is 3.73. The van der Waals surface area contributed by atoms with E-state index in [1.54, 1.807) is 37.3 Å². The predicted molar refractivity (Wildman–Crippen MR) is 82.2 cm³/mol. The molecule has 21 heavy (non-hydrogen) atoms. The smallest absolute Gasteiger partial charge is 0.335 e. The van der Waals surface area contributed by atoms with Crippen molar-refractivity contribution in [3.05, 3.63) is 58.6 Å². The van der Waals surface area contributed by atoms with Crippen LogP contribution in [0.15, 0.2) is 42.5 Å². The van der Waals surface area contributed by atoms with Crippen molar-refractivity contribution in [1.82, 2.24) is 0 Å². The molecule has 0 aliphatic heterocycles. The van der Waals surface area contributed by atoms with Crippen molar-refractivity contribution < 1.29 is 14.7 Å². The van der Waals surface area contributed by atoms with E-state index in [-0.39, 0.29) is 5.56 Å². The number of para-hydroxylation sites is 1. The molecule has 0 bridgehead atoms. The molecule has 0 aliphatic carbocycles. The van der Waals surface area contributed by atoms with Gasteiger partial charge in [0.2, 0.25) is 0 Å². The zero-order valence-electron chi connectivity index (χ0n) is 11.2. The SMILES string of the molecule is Cc1ccc(C(=O)O)cc1NC(=O)Nc1ccccc1Cl. The van der Waals surface area contributed by atoms with Crippen molar-refractivity contribution >= 4 is 35.0 Å². The highest BCUT2D eigenvalue weighted by Gasteiger charge is 2.10. The number of carboxylic acid groups (broad SMARTS) is 1. The van der Waals surface area contributed by atoms with Gasteiger partial charge in [-0.3, -0.25) is 0 Å². The second kappa shape index (κ2) is 6.28. The molecule has 108 valence electrons. The van der Waals surface area contributed by atoms with Crippen molar-refractivity contribution in [2.75, 3.05) is 10.6 Å². The van der Waals surface area contributed by atoms with Crippen LogP contribution in [0.3, 0.4) is 0 Å². The highest BCUT2D eigenvalue weighted by atomic mass is 35.5. The second-order valence-corrected chi connectivity index (χ2v) is 4.80. The molecular formula is C15H13ClN2O3. The first-order valence-corrected chi connectivity index (χ1v) is 6.51. The molecule has 0 saturated heterocycles. The van der Waals surface area contributed by atoms with Gasteiger partial charge in [0.1, 0.15) is 0 Å². The Morgan fingerprint density at radius 1 is 1.05 bits per heavy atom. The molecule has 0 spiro atoms. The molecule has 5 nitrogen and oxygen atoms in total. The Labute approximate surface area is 126 Å². The van der Waals surface area contributed by atoms with Crippen LogP contribution >= 0.6 is 11.6 Å². The molecule has 0 atom stereocenters. The number of rotatable bonds is 3. The number of carbonyl (C=O) groups is 2. The number of carbonyl (C=O) groups excluding carboxylic acids is 1. The minimum atomic E-state index is -1.05. The number of nitrogens with one attached hydrogen (secondary N) is 2. The molecule has 0 unspecified atom stereocenters. The third-order valence-corrected chi connectivity index (χ3v) is 3.18. The van der Waals surface area contributed by atoms with E-state index in [4.69, 9.17) is 16.7 Å². The van der Waals surface area contributed by atoms with E-state index >= 15 is 0 Å². The van der Waals surface area contributed by atoms with Crippen molar-refractivity contribution in [3.63, 3.8) is 0 Å².